The number of aryl methyl sites for hydroxylation is 1. The first-order valence-corrected chi connectivity index (χ1v) is 10.2. The fourth-order valence-electron chi connectivity index (χ4n) is 3.75. The van der Waals surface area contributed by atoms with Crippen LogP contribution < -0.4 is 0 Å². The fourth-order valence-corrected chi connectivity index (χ4v) is 4.87. The summed E-state index contributed by atoms with van der Waals surface area (Å²) >= 11 is 1.71. The molecule has 0 fully saturated rings. The number of nitrogens with zero attached hydrogens (tertiary/aromatic N) is 3. The molecule has 0 unspecified atom stereocenters. The molecular weight excluding hydrogens is 378 g/mol. The molecule has 0 aliphatic heterocycles. The molecule has 6 aromatic rings. The Kier molecular flexibility index (Phi) is 3.52. The van der Waals surface area contributed by atoms with E-state index in [0.29, 0.717) is 5.71 Å². The fraction of sp³-hybridized carbons (Fsp3) is 0.0417. The molecule has 5 heteroatoms. The third-order valence-corrected chi connectivity index (χ3v) is 6.31. The van der Waals surface area contributed by atoms with E-state index in [0.717, 1.165) is 43.5 Å². The summed E-state index contributed by atoms with van der Waals surface area (Å²) in [4.78, 5) is 14.9. The first kappa shape index (κ1) is 16.4. The zero-order valence-electron chi connectivity index (χ0n) is 15.6. The van der Waals surface area contributed by atoms with Crippen molar-refractivity contribution in [3.63, 3.8) is 0 Å². The van der Waals surface area contributed by atoms with Gasteiger partial charge >= 0.3 is 0 Å². The molecule has 4 aromatic heterocycles. The summed E-state index contributed by atoms with van der Waals surface area (Å²) in [6.45, 7) is 1.97. The van der Waals surface area contributed by atoms with Crippen LogP contribution >= 0.6 is 11.3 Å². The molecule has 6 rings (SSSR count). The van der Waals surface area contributed by atoms with Crippen LogP contribution in [0.4, 0.5) is 0 Å². The molecule has 4 heterocycles. The Bertz CT molecular complexity index is 1520. The van der Waals surface area contributed by atoms with E-state index in [-0.39, 0.29) is 0 Å². The average molecular weight is 393 g/mol. The van der Waals surface area contributed by atoms with Gasteiger partial charge in [-0.3, -0.25) is 0 Å². The third kappa shape index (κ3) is 2.55. The van der Waals surface area contributed by atoms with E-state index in [9.17, 15) is 0 Å². The summed E-state index contributed by atoms with van der Waals surface area (Å²) in [5.74, 6) is 0. The molecule has 0 radical (unpaired) electrons. The summed E-state index contributed by atoms with van der Waals surface area (Å²) in [5, 5.41) is 2.07. The van der Waals surface area contributed by atoms with Gasteiger partial charge in [0.2, 0.25) is 5.71 Å². The molecule has 4 nitrogen and oxygen atoms in total. The van der Waals surface area contributed by atoms with Gasteiger partial charge in [0.25, 0.3) is 0 Å². The minimum Gasteiger partial charge on any atom is -0.437 e. The van der Waals surface area contributed by atoms with Crippen LogP contribution in [0, 0.1) is 6.92 Å². The number of rotatable bonds is 2. The Balaban J connectivity index is 1.63. The summed E-state index contributed by atoms with van der Waals surface area (Å²) in [6, 6.07) is 22.8. The standard InChI is InChI=1S/C24H15N3OS/c1-14-10-11-17-16-8-5-9-18(22(16)28-24(17)27-14)21-23-19(25-13-26-21)12-20(29-23)15-6-3-2-4-7-15/h2-13H,1H3. The molecule has 0 aliphatic rings. The van der Waals surface area contributed by atoms with Gasteiger partial charge in [-0.1, -0.05) is 42.5 Å². The Hall–Kier alpha value is -3.57. The predicted octanol–water partition coefficient (Wildman–Crippen LogP) is 6.63. The van der Waals surface area contributed by atoms with E-state index >= 15 is 0 Å². The van der Waals surface area contributed by atoms with E-state index < -0.39 is 0 Å². The monoisotopic (exact) mass is 393 g/mol. The Morgan fingerprint density at radius 1 is 0.862 bits per heavy atom. The Morgan fingerprint density at radius 3 is 2.66 bits per heavy atom. The van der Waals surface area contributed by atoms with Gasteiger partial charge in [-0.2, -0.15) is 0 Å². The zero-order chi connectivity index (χ0) is 19.4. The van der Waals surface area contributed by atoms with E-state index in [2.05, 4.69) is 63.5 Å². The van der Waals surface area contributed by atoms with E-state index in [1.165, 1.54) is 10.4 Å². The summed E-state index contributed by atoms with van der Waals surface area (Å²) in [5.41, 5.74) is 6.40. The van der Waals surface area contributed by atoms with Crippen LogP contribution in [0.3, 0.4) is 0 Å². The van der Waals surface area contributed by atoms with Crippen molar-refractivity contribution in [2.75, 3.05) is 0 Å². The van der Waals surface area contributed by atoms with E-state index in [4.69, 9.17) is 4.42 Å². The molecular formula is C24H15N3OS. The maximum absolute atomic E-state index is 6.19. The van der Waals surface area contributed by atoms with Gasteiger partial charge in [-0.05, 0) is 36.8 Å². The quantitative estimate of drug-likeness (QED) is 0.331. The molecule has 138 valence electrons. The lowest BCUT2D eigenvalue weighted by Gasteiger charge is -2.02. The Labute approximate surface area is 170 Å². The highest BCUT2D eigenvalue weighted by Crippen LogP contribution is 2.40. The van der Waals surface area contributed by atoms with E-state index in [1.807, 2.05) is 25.1 Å². The minimum atomic E-state index is 0.661. The zero-order valence-corrected chi connectivity index (χ0v) is 16.4. The predicted molar refractivity (Wildman–Crippen MR) is 118 cm³/mol. The summed E-state index contributed by atoms with van der Waals surface area (Å²) in [6.07, 6.45) is 1.63. The summed E-state index contributed by atoms with van der Waals surface area (Å²) < 4.78 is 7.25. The first-order valence-electron chi connectivity index (χ1n) is 9.37. The topological polar surface area (TPSA) is 51.8 Å². The van der Waals surface area contributed by atoms with Crippen LogP contribution in [0.2, 0.25) is 0 Å². The average Bonchev–Trinajstić information content (AvgIpc) is 3.35. The highest BCUT2D eigenvalue weighted by Gasteiger charge is 2.17. The number of furan rings is 1. The van der Waals surface area contributed by atoms with Crippen LogP contribution in [-0.2, 0) is 0 Å². The third-order valence-electron chi connectivity index (χ3n) is 5.13. The normalized spacial score (nSPS) is 11.6. The lowest BCUT2D eigenvalue weighted by Crippen LogP contribution is -1.86. The van der Waals surface area contributed by atoms with Crippen molar-refractivity contribution in [3.8, 4) is 21.7 Å². The smallest absolute Gasteiger partial charge is 0.227 e. The second kappa shape index (κ2) is 6.22. The van der Waals surface area contributed by atoms with Crippen molar-refractivity contribution in [1.29, 1.82) is 0 Å². The minimum absolute atomic E-state index is 0.661. The first-order chi connectivity index (χ1) is 14.3. The molecule has 0 saturated carbocycles. The molecule has 0 saturated heterocycles. The molecule has 0 amide bonds. The SMILES string of the molecule is Cc1ccc2c(n1)oc1c(-c3ncnc4cc(-c5ccccc5)sc34)cccc12. The molecule has 0 bridgehead atoms. The van der Waals surface area contributed by atoms with Crippen LogP contribution in [0.1, 0.15) is 5.69 Å². The Morgan fingerprint density at radius 2 is 1.76 bits per heavy atom. The van der Waals surface area contributed by atoms with Crippen molar-refractivity contribution < 1.29 is 4.42 Å². The van der Waals surface area contributed by atoms with Gasteiger partial charge < -0.3 is 4.42 Å². The highest BCUT2D eigenvalue weighted by atomic mass is 32.1. The molecule has 0 spiro atoms. The van der Waals surface area contributed by atoms with Crippen LogP contribution in [-0.4, -0.2) is 15.0 Å². The van der Waals surface area contributed by atoms with E-state index in [1.54, 1.807) is 17.7 Å². The van der Waals surface area contributed by atoms with Crippen molar-refractivity contribution in [2.45, 2.75) is 6.92 Å². The number of benzene rings is 2. The molecule has 0 aliphatic carbocycles. The number of para-hydroxylation sites is 1. The number of hydrogen-bond donors (Lipinski definition) is 0. The van der Waals surface area contributed by atoms with Crippen molar-refractivity contribution in [2.24, 2.45) is 0 Å². The maximum Gasteiger partial charge on any atom is 0.227 e. The molecule has 0 N–H and O–H groups in total. The van der Waals surface area contributed by atoms with Gasteiger partial charge in [-0.25, -0.2) is 15.0 Å². The van der Waals surface area contributed by atoms with Crippen LogP contribution in [0.5, 0.6) is 0 Å². The largest absolute Gasteiger partial charge is 0.437 e. The van der Waals surface area contributed by atoms with Crippen molar-refractivity contribution in [3.05, 3.63) is 78.8 Å². The highest BCUT2D eigenvalue weighted by molar-refractivity contribution is 7.22. The number of hydrogen-bond acceptors (Lipinski definition) is 5. The van der Waals surface area contributed by atoms with Gasteiger partial charge in [0.15, 0.2) is 0 Å². The van der Waals surface area contributed by atoms with Gasteiger partial charge in [0.05, 0.1) is 15.9 Å². The van der Waals surface area contributed by atoms with Gasteiger partial charge in [0, 0.05) is 26.9 Å². The summed E-state index contributed by atoms with van der Waals surface area (Å²) in [7, 11) is 0. The van der Waals surface area contributed by atoms with Gasteiger partial charge in [-0.15, -0.1) is 11.3 Å². The number of aromatic nitrogens is 3. The van der Waals surface area contributed by atoms with Crippen LogP contribution in [0.15, 0.2) is 77.5 Å². The molecule has 0 atom stereocenters. The lowest BCUT2D eigenvalue weighted by molar-refractivity contribution is 0.653. The van der Waals surface area contributed by atoms with Crippen molar-refractivity contribution in [1.82, 2.24) is 15.0 Å². The maximum atomic E-state index is 6.19. The number of thiophene rings is 1. The second-order valence-corrected chi connectivity index (χ2v) is 8.06. The number of fused-ring (bicyclic) bond motifs is 4. The number of pyridine rings is 1. The van der Waals surface area contributed by atoms with Crippen LogP contribution in [0.25, 0.3) is 54.0 Å². The second-order valence-electron chi connectivity index (χ2n) is 7.00. The van der Waals surface area contributed by atoms with Crippen molar-refractivity contribution >= 4 is 43.6 Å². The molecule has 29 heavy (non-hydrogen) atoms. The van der Waals surface area contributed by atoms with Gasteiger partial charge in [0.1, 0.15) is 11.9 Å². The lowest BCUT2D eigenvalue weighted by atomic mass is 10.1. The molecule has 2 aromatic carbocycles.